The van der Waals surface area contributed by atoms with E-state index in [1.54, 1.807) is 0 Å². The molecule has 12 nitrogen and oxygen atoms in total. The molecule has 2 rings (SSSR count). The summed E-state index contributed by atoms with van der Waals surface area (Å²) in [6.07, 6.45) is -6.68. The largest absolute Gasteiger partial charge is 0.427 e. The first-order valence-corrected chi connectivity index (χ1v) is 12.0. The van der Waals surface area contributed by atoms with Gasteiger partial charge in [0.15, 0.2) is 11.7 Å². The van der Waals surface area contributed by atoms with E-state index in [2.05, 4.69) is 6.92 Å². The van der Waals surface area contributed by atoms with Gasteiger partial charge < -0.3 is 55.1 Å². The number of aliphatic hydroxyl groups is 8. The maximum atomic E-state index is 12.8. The molecule has 2 saturated heterocycles. The quantitative estimate of drug-likeness (QED) is 0.0999. The topological polar surface area (TPSA) is 207 Å². The Bertz CT molecular complexity index is 633. The zero-order valence-electron chi connectivity index (χ0n) is 19.5. The lowest BCUT2D eigenvalue weighted by Crippen LogP contribution is -2.78. The highest BCUT2D eigenvalue weighted by Gasteiger charge is 2.74. The Balaban J connectivity index is 2.29. The number of hydrogen-bond acceptors (Lipinski definition) is 12. The van der Waals surface area contributed by atoms with Gasteiger partial charge in [-0.2, -0.15) is 0 Å². The summed E-state index contributed by atoms with van der Waals surface area (Å²) in [5, 5.41) is 81.9. The fraction of sp³-hybridized carbons (Fsp3) is 0.955. The molecular weight excluding hydrogens is 456 g/mol. The van der Waals surface area contributed by atoms with E-state index >= 15 is 0 Å². The number of rotatable bonds is 13. The lowest BCUT2D eigenvalue weighted by molar-refractivity contribution is -0.415. The van der Waals surface area contributed by atoms with Crippen molar-refractivity contribution in [1.29, 1.82) is 0 Å². The van der Waals surface area contributed by atoms with E-state index in [0.717, 1.165) is 38.5 Å². The van der Waals surface area contributed by atoms with Gasteiger partial charge in [-0.15, -0.1) is 0 Å². The van der Waals surface area contributed by atoms with Gasteiger partial charge in [0, 0.05) is 6.42 Å². The fourth-order valence-corrected chi connectivity index (χ4v) is 4.67. The summed E-state index contributed by atoms with van der Waals surface area (Å²) in [7, 11) is 0. The molecule has 2 fully saturated rings. The van der Waals surface area contributed by atoms with E-state index < -0.39 is 79.9 Å². The number of ether oxygens (including phenoxy) is 3. The Morgan fingerprint density at radius 2 is 1.32 bits per heavy atom. The number of esters is 1. The lowest BCUT2D eigenvalue weighted by Gasteiger charge is -2.54. The third-order valence-corrected chi connectivity index (χ3v) is 6.75. The Hall–Kier alpha value is -0.930. The maximum Gasteiger partial charge on any atom is 0.308 e. The standard InChI is InChI=1S/C22H40O12/c1-2-3-4-5-6-7-8-9-15(26)34-22(20(31)18(29)16(27)13(10-23)33-22)21(12-25)19(30)17(28)14(11-24)32-21/h13-14,16-20,23-25,27-31H,2-12H2,1H3/t13-,14-,16-,17-,18+,19+,20-,21+,22+/m1/s1. The van der Waals surface area contributed by atoms with Gasteiger partial charge in [0.1, 0.15) is 36.6 Å². The average molecular weight is 497 g/mol. The molecule has 2 heterocycles. The van der Waals surface area contributed by atoms with Crippen molar-refractivity contribution in [1.82, 2.24) is 0 Å². The summed E-state index contributed by atoms with van der Waals surface area (Å²) >= 11 is 0. The van der Waals surface area contributed by atoms with Crippen LogP contribution in [0.4, 0.5) is 0 Å². The molecule has 0 aromatic heterocycles. The Kier molecular flexibility index (Phi) is 11.1. The van der Waals surface area contributed by atoms with Gasteiger partial charge in [0.25, 0.3) is 5.79 Å². The van der Waals surface area contributed by atoms with Crippen LogP contribution in [0.3, 0.4) is 0 Å². The molecular formula is C22H40O12. The predicted octanol–water partition coefficient (Wildman–Crippen LogP) is -2.32. The van der Waals surface area contributed by atoms with Crippen LogP contribution in [0.15, 0.2) is 0 Å². The molecule has 0 spiro atoms. The minimum absolute atomic E-state index is 0.127. The first-order valence-electron chi connectivity index (χ1n) is 12.0. The summed E-state index contributed by atoms with van der Waals surface area (Å²) in [5.41, 5.74) is -2.55. The molecule has 8 N–H and O–H groups in total. The average Bonchev–Trinajstić information content (AvgIpc) is 3.09. The van der Waals surface area contributed by atoms with E-state index in [9.17, 15) is 45.6 Å². The molecule has 0 aromatic carbocycles. The maximum absolute atomic E-state index is 12.8. The number of carbonyl (C=O) groups is 1. The van der Waals surface area contributed by atoms with Gasteiger partial charge in [-0.1, -0.05) is 45.4 Å². The Morgan fingerprint density at radius 3 is 1.85 bits per heavy atom. The smallest absolute Gasteiger partial charge is 0.308 e. The van der Waals surface area contributed by atoms with E-state index in [1.165, 1.54) is 0 Å². The van der Waals surface area contributed by atoms with Crippen LogP contribution in [0, 0.1) is 0 Å². The summed E-state index contributed by atoms with van der Waals surface area (Å²) in [6.45, 7) is -0.750. The van der Waals surface area contributed by atoms with Crippen LogP contribution in [0.5, 0.6) is 0 Å². The van der Waals surface area contributed by atoms with Crippen LogP contribution in [0.25, 0.3) is 0 Å². The predicted molar refractivity (Wildman–Crippen MR) is 115 cm³/mol. The summed E-state index contributed by atoms with van der Waals surface area (Å²) in [5.74, 6) is -3.74. The van der Waals surface area contributed by atoms with Crippen LogP contribution in [0.1, 0.15) is 58.3 Å². The SMILES string of the molecule is CCCCCCCCCC(=O)O[C@@]1([C@@]2(CO)O[C@H](CO)[C@@H](O)[C@@H]2O)O[C@H](CO)[C@@H](O)[C@H](O)[C@H]1O. The fourth-order valence-electron chi connectivity index (χ4n) is 4.67. The third kappa shape index (κ3) is 5.56. The molecule has 34 heavy (non-hydrogen) atoms. The van der Waals surface area contributed by atoms with E-state index in [4.69, 9.17) is 14.2 Å². The molecule has 9 atom stereocenters. The molecule has 0 radical (unpaired) electrons. The van der Waals surface area contributed by atoms with E-state index in [1.807, 2.05) is 0 Å². The Morgan fingerprint density at radius 1 is 0.765 bits per heavy atom. The van der Waals surface area contributed by atoms with Gasteiger partial charge >= 0.3 is 5.97 Å². The monoisotopic (exact) mass is 496 g/mol. The molecule has 0 bridgehead atoms. The molecule has 200 valence electrons. The molecule has 0 saturated carbocycles. The van der Waals surface area contributed by atoms with Crippen LogP contribution in [0.2, 0.25) is 0 Å². The third-order valence-electron chi connectivity index (χ3n) is 6.75. The first-order chi connectivity index (χ1) is 16.2. The van der Waals surface area contributed by atoms with Crippen LogP contribution in [-0.2, 0) is 19.0 Å². The van der Waals surface area contributed by atoms with Gasteiger partial charge in [-0.25, -0.2) is 0 Å². The van der Waals surface area contributed by atoms with Crippen molar-refractivity contribution in [2.75, 3.05) is 19.8 Å². The zero-order valence-corrected chi connectivity index (χ0v) is 19.5. The second-order valence-electron chi connectivity index (χ2n) is 9.10. The van der Waals surface area contributed by atoms with Crippen LogP contribution < -0.4 is 0 Å². The zero-order chi connectivity index (χ0) is 25.5. The molecule has 2 aliphatic rings. The molecule has 2 aliphatic heterocycles. The number of aliphatic hydroxyl groups excluding tert-OH is 8. The summed E-state index contributed by atoms with van der Waals surface area (Å²) in [4.78, 5) is 12.8. The highest BCUT2D eigenvalue weighted by atomic mass is 16.8. The van der Waals surface area contributed by atoms with Crippen LogP contribution >= 0.6 is 0 Å². The van der Waals surface area contributed by atoms with Crippen molar-refractivity contribution in [2.45, 2.75) is 112 Å². The summed E-state index contributed by atoms with van der Waals surface area (Å²) in [6, 6.07) is 0. The molecule has 0 amide bonds. The van der Waals surface area contributed by atoms with Crippen molar-refractivity contribution in [2.24, 2.45) is 0 Å². The number of hydrogen-bond donors (Lipinski definition) is 8. The lowest BCUT2D eigenvalue weighted by atomic mass is 9.78. The molecule has 12 heteroatoms. The van der Waals surface area contributed by atoms with Crippen molar-refractivity contribution < 1.29 is 59.9 Å². The minimum atomic E-state index is -2.82. The number of carbonyl (C=O) groups excluding carboxylic acids is 1. The van der Waals surface area contributed by atoms with Gasteiger partial charge in [0.05, 0.1) is 19.8 Å². The second-order valence-corrected chi connectivity index (χ2v) is 9.10. The second kappa shape index (κ2) is 12.9. The van der Waals surface area contributed by atoms with Gasteiger partial charge in [-0.3, -0.25) is 4.79 Å². The molecule has 0 aromatic rings. The minimum Gasteiger partial charge on any atom is -0.427 e. The number of unbranched alkanes of at least 4 members (excludes halogenated alkanes) is 6. The Labute approximate surface area is 198 Å². The highest BCUT2D eigenvalue weighted by molar-refractivity contribution is 5.70. The summed E-state index contributed by atoms with van der Waals surface area (Å²) < 4.78 is 16.5. The molecule has 0 aliphatic carbocycles. The van der Waals surface area contributed by atoms with Crippen molar-refractivity contribution in [3.8, 4) is 0 Å². The van der Waals surface area contributed by atoms with Crippen LogP contribution in [-0.4, -0.2) is 121 Å². The normalized spacial score (nSPS) is 40.4. The first kappa shape index (κ1) is 29.3. The molecule has 0 unspecified atom stereocenters. The van der Waals surface area contributed by atoms with E-state index in [0.29, 0.717) is 6.42 Å². The van der Waals surface area contributed by atoms with Crippen molar-refractivity contribution >= 4 is 5.97 Å². The van der Waals surface area contributed by atoms with Gasteiger partial charge in [0.2, 0.25) is 0 Å². The highest BCUT2D eigenvalue weighted by Crippen LogP contribution is 2.48. The van der Waals surface area contributed by atoms with Crippen molar-refractivity contribution in [3.05, 3.63) is 0 Å². The van der Waals surface area contributed by atoms with Gasteiger partial charge in [-0.05, 0) is 6.42 Å². The van der Waals surface area contributed by atoms with E-state index in [-0.39, 0.29) is 6.42 Å². The van der Waals surface area contributed by atoms with Crippen molar-refractivity contribution in [3.63, 3.8) is 0 Å².